The molecule has 5 heteroatoms. The molecule has 0 saturated heterocycles. The highest BCUT2D eigenvalue weighted by atomic mass is 16.5. The average molecular weight is 301 g/mol. The number of benzene rings is 1. The van der Waals surface area contributed by atoms with Gasteiger partial charge in [0.1, 0.15) is 0 Å². The molecule has 1 unspecified atom stereocenters. The Bertz CT molecular complexity index is 593. The number of carbonyl (C=O) groups is 1. The topological polar surface area (TPSA) is 68.0 Å². The van der Waals surface area contributed by atoms with E-state index in [1.165, 1.54) is 0 Å². The smallest absolute Gasteiger partial charge is 0.226 e. The lowest BCUT2D eigenvalue weighted by molar-refractivity contribution is -0.121. The Kier molecular flexibility index (Phi) is 5.69. The lowest BCUT2D eigenvalue weighted by Gasteiger charge is -2.13. The van der Waals surface area contributed by atoms with Crippen LogP contribution in [0.4, 0.5) is 0 Å². The molecule has 1 atom stereocenters. The lowest BCUT2D eigenvalue weighted by atomic mass is 10.1. The molecule has 22 heavy (non-hydrogen) atoms. The Morgan fingerprint density at radius 3 is 2.59 bits per heavy atom. The number of nitrogens with zero attached hydrogens (tertiary/aromatic N) is 2. The van der Waals surface area contributed by atoms with Crippen molar-refractivity contribution in [2.75, 3.05) is 0 Å². The van der Waals surface area contributed by atoms with Gasteiger partial charge in [-0.2, -0.15) is 4.98 Å². The fourth-order valence-corrected chi connectivity index (χ4v) is 2.14. The second kappa shape index (κ2) is 7.73. The molecule has 1 N–H and O–H groups in total. The third kappa shape index (κ3) is 4.69. The summed E-state index contributed by atoms with van der Waals surface area (Å²) in [5, 5.41) is 6.92. The first kappa shape index (κ1) is 16.2. The van der Waals surface area contributed by atoms with Crippen molar-refractivity contribution in [1.29, 1.82) is 0 Å². The first-order valence-corrected chi connectivity index (χ1v) is 7.73. The van der Waals surface area contributed by atoms with Crippen LogP contribution in [0.25, 0.3) is 0 Å². The van der Waals surface area contributed by atoms with E-state index in [1.54, 1.807) is 0 Å². The van der Waals surface area contributed by atoms with Gasteiger partial charge in [-0.15, -0.1) is 0 Å². The molecule has 5 nitrogen and oxygen atoms in total. The van der Waals surface area contributed by atoms with Gasteiger partial charge >= 0.3 is 0 Å². The highest BCUT2D eigenvalue weighted by Gasteiger charge is 2.12. The van der Waals surface area contributed by atoms with Crippen LogP contribution in [0, 0.1) is 0 Å². The maximum Gasteiger partial charge on any atom is 0.226 e. The maximum atomic E-state index is 12.0. The van der Waals surface area contributed by atoms with Crippen LogP contribution in [0.3, 0.4) is 0 Å². The van der Waals surface area contributed by atoms with Crippen LogP contribution in [-0.4, -0.2) is 16.0 Å². The normalized spacial score (nSPS) is 12.4. The third-order valence-electron chi connectivity index (χ3n) is 3.47. The second-order valence-corrected chi connectivity index (χ2v) is 5.75. The summed E-state index contributed by atoms with van der Waals surface area (Å²) in [6, 6.07) is 9.95. The highest BCUT2D eigenvalue weighted by molar-refractivity contribution is 5.76. The van der Waals surface area contributed by atoms with Gasteiger partial charge in [0.15, 0.2) is 5.82 Å². The molecule has 0 spiro atoms. The second-order valence-electron chi connectivity index (χ2n) is 5.75. The van der Waals surface area contributed by atoms with Gasteiger partial charge in [-0.05, 0) is 18.9 Å². The number of nitrogens with one attached hydrogen (secondary N) is 1. The van der Waals surface area contributed by atoms with E-state index < -0.39 is 0 Å². The van der Waals surface area contributed by atoms with Gasteiger partial charge in [0, 0.05) is 18.8 Å². The van der Waals surface area contributed by atoms with Crippen LogP contribution < -0.4 is 5.32 Å². The standard InChI is InChI=1S/C17H23N3O2/c1-12(2)17-19-16(22-20-17)11-7-10-15(21)18-13(3)14-8-5-4-6-9-14/h4-6,8-9,12-13H,7,10-11H2,1-3H3,(H,18,21). The van der Waals surface area contributed by atoms with Gasteiger partial charge in [0.2, 0.25) is 11.8 Å². The predicted molar refractivity (Wildman–Crippen MR) is 84.3 cm³/mol. The van der Waals surface area contributed by atoms with Gasteiger partial charge in [0.05, 0.1) is 6.04 Å². The molecule has 0 bridgehead atoms. The molecule has 2 aromatic rings. The fourth-order valence-electron chi connectivity index (χ4n) is 2.14. The van der Waals surface area contributed by atoms with Crippen molar-refractivity contribution < 1.29 is 9.32 Å². The van der Waals surface area contributed by atoms with Gasteiger partial charge in [-0.3, -0.25) is 4.79 Å². The number of carbonyl (C=O) groups excluding carboxylic acids is 1. The molecule has 0 fully saturated rings. The van der Waals surface area contributed by atoms with E-state index in [9.17, 15) is 4.79 Å². The zero-order chi connectivity index (χ0) is 15.9. The SMILES string of the molecule is CC(C)c1noc(CCCC(=O)NC(C)c2ccccc2)n1. The van der Waals surface area contributed by atoms with Crippen LogP contribution in [0.1, 0.15) is 62.9 Å². The number of hydrogen-bond donors (Lipinski definition) is 1. The number of rotatable bonds is 7. The molecule has 118 valence electrons. The van der Waals surface area contributed by atoms with Gasteiger partial charge < -0.3 is 9.84 Å². The Balaban J connectivity index is 1.73. The maximum absolute atomic E-state index is 12.0. The minimum atomic E-state index is 0.0182. The molecule has 0 aliphatic heterocycles. The summed E-state index contributed by atoms with van der Waals surface area (Å²) in [6.07, 6.45) is 1.79. The molecule has 1 amide bonds. The third-order valence-corrected chi connectivity index (χ3v) is 3.47. The first-order valence-electron chi connectivity index (χ1n) is 7.73. The molecule has 0 saturated carbocycles. The summed E-state index contributed by atoms with van der Waals surface area (Å²) < 4.78 is 5.17. The van der Waals surface area contributed by atoms with Crippen LogP contribution in [0.15, 0.2) is 34.9 Å². The number of hydrogen-bond acceptors (Lipinski definition) is 4. The van der Waals surface area contributed by atoms with Crippen molar-refractivity contribution in [2.45, 2.75) is 52.0 Å². The van der Waals surface area contributed by atoms with Crippen LogP contribution >= 0.6 is 0 Å². The van der Waals surface area contributed by atoms with Crippen LogP contribution in [-0.2, 0) is 11.2 Å². The Morgan fingerprint density at radius 2 is 1.95 bits per heavy atom. The van der Waals surface area contributed by atoms with Crippen molar-refractivity contribution in [3.05, 3.63) is 47.6 Å². The summed E-state index contributed by atoms with van der Waals surface area (Å²) in [5.74, 6) is 1.62. The molecule has 1 aromatic heterocycles. The molecular weight excluding hydrogens is 278 g/mol. The van der Waals surface area contributed by atoms with E-state index >= 15 is 0 Å². The molecule has 0 aliphatic carbocycles. The molecular formula is C17H23N3O2. The zero-order valence-corrected chi connectivity index (χ0v) is 13.4. The van der Waals surface area contributed by atoms with Crippen LogP contribution in [0.5, 0.6) is 0 Å². The van der Waals surface area contributed by atoms with Crippen molar-refractivity contribution in [2.24, 2.45) is 0 Å². The zero-order valence-electron chi connectivity index (χ0n) is 13.4. The summed E-state index contributed by atoms with van der Waals surface area (Å²) in [6.45, 7) is 6.03. The van der Waals surface area contributed by atoms with Crippen molar-refractivity contribution in [1.82, 2.24) is 15.5 Å². The quantitative estimate of drug-likeness (QED) is 0.851. The largest absolute Gasteiger partial charge is 0.350 e. The van der Waals surface area contributed by atoms with Gasteiger partial charge in [-0.1, -0.05) is 49.3 Å². The number of aromatic nitrogens is 2. The number of aryl methyl sites for hydroxylation is 1. The van der Waals surface area contributed by atoms with Gasteiger partial charge in [-0.25, -0.2) is 0 Å². The van der Waals surface area contributed by atoms with Gasteiger partial charge in [0.25, 0.3) is 0 Å². The number of amides is 1. The molecule has 1 aromatic carbocycles. The fraction of sp³-hybridized carbons (Fsp3) is 0.471. The van der Waals surface area contributed by atoms with Crippen molar-refractivity contribution >= 4 is 5.91 Å². The lowest BCUT2D eigenvalue weighted by Crippen LogP contribution is -2.26. The van der Waals surface area contributed by atoms with Crippen molar-refractivity contribution in [3.63, 3.8) is 0 Å². The average Bonchev–Trinajstić information content (AvgIpc) is 2.97. The Morgan fingerprint density at radius 1 is 1.23 bits per heavy atom. The summed E-state index contributed by atoms with van der Waals surface area (Å²) in [5.41, 5.74) is 1.11. The minimum absolute atomic E-state index is 0.0182. The predicted octanol–water partition coefficient (Wildman–Crippen LogP) is 3.39. The molecule has 0 aliphatic rings. The summed E-state index contributed by atoms with van der Waals surface area (Å²) in [4.78, 5) is 16.3. The Labute approximate surface area is 131 Å². The first-order chi connectivity index (χ1) is 10.6. The van der Waals surface area contributed by atoms with E-state index in [1.807, 2.05) is 51.1 Å². The Hall–Kier alpha value is -2.17. The van der Waals surface area contributed by atoms with Crippen LogP contribution in [0.2, 0.25) is 0 Å². The molecule has 2 rings (SSSR count). The van der Waals surface area contributed by atoms with E-state index in [0.29, 0.717) is 25.2 Å². The molecule has 1 heterocycles. The summed E-state index contributed by atoms with van der Waals surface area (Å²) >= 11 is 0. The van der Waals surface area contributed by atoms with E-state index in [-0.39, 0.29) is 17.9 Å². The highest BCUT2D eigenvalue weighted by Crippen LogP contribution is 2.13. The minimum Gasteiger partial charge on any atom is -0.350 e. The summed E-state index contributed by atoms with van der Waals surface area (Å²) in [7, 11) is 0. The molecule has 0 radical (unpaired) electrons. The monoisotopic (exact) mass is 301 g/mol. The van der Waals surface area contributed by atoms with E-state index in [4.69, 9.17) is 4.52 Å². The van der Waals surface area contributed by atoms with Crippen molar-refractivity contribution in [3.8, 4) is 0 Å². The van der Waals surface area contributed by atoms with E-state index in [2.05, 4.69) is 15.5 Å². The van der Waals surface area contributed by atoms with E-state index in [0.717, 1.165) is 11.4 Å².